The van der Waals surface area contributed by atoms with Crippen LogP contribution >= 0.6 is 0 Å². The zero-order valence-corrected chi connectivity index (χ0v) is 11.7. The number of ether oxygens (including phenoxy) is 2. The summed E-state index contributed by atoms with van der Waals surface area (Å²) in [5.74, 6) is -1.37. The van der Waals surface area contributed by atoms with Crippen molar-refractivity contribution in [2.75, 3.05) is 20.3 Å². The Labute approximate surface area is 121 Å². The quantitative estimate of drug-likeness (QED) is 0.144. The van der Waals surface area contributed by atoms with Crippen LogP contribution in [0.5, 0.6) is 0 Å². The van der Waals surface area contributed by atoms with E-state index >= 15 is 0 Å². The van der Waals surface area contributed by atoms with Crippen LogP contribution in [0.25, 0.3) is 6.08 Å². The Balaban J connectivity index is 3.08. The van der Waals surface area contributed by atoms with Gasteiger partial charge in [-0.1, -0.05) is 12.1 Å². The maximum Gasteiger partial charge on any atom is 0.341 e. The van der Waals surface area contributed by atoms with Crippen LogP contribution in [-0.4, -0.2) is 37.0 Å². The smallest absolute Gasteiger partial charge is 0.341 e. The van der Waals surface area contributed by atoms with Crippen molar-refractivity contribution in [1.29, 1.82) is 0 Å². The number of Topliss-reactive ketones (excluding diaryl/α,β-unsaturated/α-hetero) is 1. The molecular formula is C14H15NO6. The van der Waals surface area contributed by atoms with E-state index in [-0.39, 0.29) is 30.0 Å². The summed E-state index contributed by atoms with van der Waals surface area (Å²) in [6.07, 6.45) is 1.16. The van der Waals surface area contributed by atoms with Gasteiger partial charge in [-0.05, 0) is 19.1 Å². The second kappa shape index (κ2) is 7.91. The predicted octanol–water partition coefficient (Wildman–Crippen LogP) is 1.76. The Bertz CT molecular complexity index is 579. The van der Waals surface area contributed by atoms with Gasteiger partial charge in [-0.2, -0.15) is 0 Å². The Kier molecular flexibility index (Phi) is 6.22. The lowest BCUT2D eigenvalue weighted by molar-refractivity contribution is -0.385. The highest BCUT2D eigenvalue weighted by atomic mass is 16.6. The number of esters is 1. The number of nitro benzene ring substituents is 1. The molecule has 0 bridgehead atoms. The number of carbonyl (C=O) groups is 2. The average molecular weight is 293 g/mol. The van der Waals surface area contributed by atoms with Crippen LogP contribution in [0.4, 0.5) is 5.69 Å². The van der Waals surface area contributed by atoms with Crippen molar-refractivity contribution in [1.82, 2.24) is 0 Å². The molecule has 0 aromatic heterocycles. The molecule has 0 atom stereocenters. The minimum absolute atomic E-state index is 0.00314. The Hall–Kier alpha value is -2.54. The first kappa shape index (κ1) is 16.5. The van der Waals surface area contributed by atoms with Gasteiger partial charge >= 0.3 is 5.97 Å². The number of rotatable bonds is 7. The Morgan fingerprint density at radius 3 is 2.52 bits per heavy atom. The maximum absolute atomic E-state index is 11.8. The molecule has 112 valence electrons. The van der Waals surface area contributed by atoms with Crippen LogP contribution in [-0.2, 0) is 19.1 Å². The van der Waals surface area contributed by atoms with Crippen LogP contribution < -0.4 is 0 Å². The fraction of sp³-hybridized carbons (Fsp3) is 0.286. The van der Waals surface area contributed by atoms with Crippen molar-refractivity contribution in [3.63, 3.8) is 0 Å². The largest absolute Gasteiger partial charge is 0.460 e. The van der Waals surface area contributed by atoms with Gasteiger partial charge in [-0.15, -0.1) is 0 Å². The molecule has 1 aromatic rings. The second-order valence-electron chi connectivity index (χ2n) is 4.06. The topological polar surface area (TPSA) is 95.7 Å². The van der Waals surface area contributed by atoms with Crippen molar-refractivity contribution in [3.8, 4) is 0 Å². The SMILES string of the molecule is COCCOC(=O)/C(=C/c1ccccc1[N+](=O)[O-])C(C)=O. The molecule has 0 N–H and O–H groups in total. The number of carbonyl (C=O) groups excluding carboxylic acids is 2. The highest BCUT2D eigenvalue weighted by molar-refractivity contribution is 6.20. The molecule has 0 unspecified atom stereocenters. The van der Waals surface area contributed by atoms with E-state index in [2.05, 4.69) is 0 Å². The molecule has 1 aromatic carbocycles. The third-order valence-corrected chi connectivity index (χ3v) is 2.55. The maximum atomic E-state index is 11.8. The lowest BCUT2D eigenvalue weighted by atomic mass is 10.1. The number of methoxy groups -OCH3 is 1. The van der Waals surface area contributed by atoms with Crippen molar-refractivity contribution in [2.45, 2.75) is 6.92 Å². The molecule has 0 aliphatic carbocycles. The molecule has 0 radical (unpaired) electrons. The summed E-state index contributed by atoms with van der Waals surface area (Å²) in [6.45, 7) is 1.39. The second-order valence-corrected chi connectivity index (χ2v) is 4.06. The van der Waals surface area contributed by atoms with Crippen molar-refractivity contribution in [3.05, 3.63) is 45.5 Å². The summed E-state index contributed by atoms with van der Waals surface area (Å²) in [7, 11) is 1.45. The molecule has 0 aliphatic heterocycles. The number of nitrogens with zero attached hydrogens (tertiary/aromatic N) is 1. The van der Waals surface area contributed by atoms with Crippen LogP contribution in [0.15, 0.2) is 29.8 Å². The van der Waals surface area contributed by atoms with Gasteiger partial charge in [0, 0.05) is 13.2 Å². The molecule has 21 heavy (non-hydrogen) atoms. The number of hydrogen-bond acceptors (Lipinski definition) is 6. The van der Waals surface area contributed by atoms with Gasteiger partial charge in [-0.3, -0.25) is 14.9 Å². The van der Waals surface area contributed by atoms with E-state index in [0.717, 1.165) is 6.08 Å². The number of nitro groups is 1. The van der Waals surface area contributed by atoms with E-state index in [4.69, 9.17) is 9.47 Å². The standard InChI is InChI=1S/C14H15NO6/c1-10(16)12(14(17)21-8-7-20-2)9-11-5-3-4-6-13(11)15(18)19/h3-6,9H,7-8H2,1-2H3/b12-9+. The van der Waals surface area contributed by atoms with Crippen LogP contribution in [0.2, 0.25) is 0 Å². The zero-order valence-electron chi connectivity index (χ0n) is 11.7. The molecule has 1 rings (SSSR count). The van der Waals surface area contributed by atoms with E-state index in [9.17, 15) is 19.7 Å². The van der Waals surface area contributed by atoms with Gasteiger partial charge < -0.3 is 9.47 Å². The minimum Gasteiger partial charge on any atom is -0.460 e. The van der Waals surface area contributed by atoms with Crippen molar-refractivity contribution >= 4 is 23.5 Å². The molecule has 0 amide bonds. The van der Waals surface area contributed by atoms with E-state index in [1.807, 2.05) is 0 Å². The molecule has 7 heteroatoms. The zero-order chi connectivity index (χ0) is 15.8. The number of hydrogen-bond donors (Lipinski definition) is 0. The molecule has 0 spiro atoms. The van der Waals surface area contributed by atoms with E-state index < -0.39 is 16.7 Å². The van der Waals surface area contributed by atoms with Crippen molar-refractivity contribution in [2.24, 2.45) is 0 Å². The van der Waals surface area contributed by atoms with Gasteiger partial charge in [-0.25, -0.2) is 4.79 Å². The third-order valence-electron chi connectivity index (χ3n) is 2.55. The van der Waals surface area contributed by atoms with E-state index in [1.165, 1.54) is 32.2 Å². The molecule has 0 aliphatic rings. The predicted molar refractivity (Wildman–Crippen MR) is 74.6 cm³/mol. The summed E-state index contributed by atoms with van der Waals surface area (Å²) >= 11 is 0. The monoisotopic (exact) mass is 293 g/mol. The third kappa shape index (κ3) is 4.81. The normalized spacial score (nSPS) is 11.0. The van der Waals surface area contributed by atoms with E-state index in [0.29, 0.717) is 0 Å². The van der Waals surface area contributed by atoms with Gasteiger partial charge in [0.05, 0.1) is 17.1 Å². The van der Waals surface area contributed by atoms with Gasteiger partial charge in [0.25, 0.3) is 5.69 Å². The summed E-state index contributed by atoms with van der Waals surface area (Å²) < 4.78 is 9.59. The molecule has 0 heterocycles. The number of benzene rings is 1. The summed E-state index contributed by atoms with van der Waals surface area (Å²) in [5.41, 5.74) is -0.280. The lowest BCUT2D eigenvalue weighted by Gasteiger charge is -2.06. The molecular weight excluding hydrogens is 278 g/mol. The average Bonchev–Trinajstić information content (AvgIpc) is 2.44. The van der Waals surface area contributed by atoms with E-state index in [1.54, 1.807) is 6.07 Å². The Morgan fingerprint density at radius 1 is 1.29 bits per heavy atom. The first-order chi connectivity index (χ1) is 9.97. The fourth-order valence-electron chi connectivity index (χ4n) is 1.53. The number of para-hydroxylation sites is 1. The highest BCUT2D eigenvalue weighted by Gasteiger charge is 2.19. The lowest BCUT2D eigenvalue weighted by Crippen LogP contribution is -2.16. The molecule has 7 nitrogen and oxygen atoms in total. The molecule has 0 fully saturated rings. The summed E-state index contributed by atoms with van der Waals surface area (Å²) in [6, 6.07) is 5.82. The first-order valence-corrected chi connectivity index (χ1v) is 6.09. The summed E-state index contributed by atoms with van der Waals surface area (Å²) in [5, 5.41) is 10.9. The van der Waals surface area contributed by atoms with Gasteiger partial charge in [0.15, 0.2) is 5.78 Å². The molecule has 0 saturated carbocycles. The Morgan fingerprint density at radius 2 is 1.95 bits per heavy atom. The van der Waals surface area contributed by atoms with Crippen molar-refractivity contribution < 1.29 is 24.0 Å². The minimum atomic E-state index is -0.835. The fourth-order valence-corrected chi connectivity index (χ4v) is 1.53. The van der Waals surface area contributed by atoms with Gasteiger partial charge in [0.1, 0.15) is 12.2 Å². The number of ketones is 1. The summed E-state index contributed by atoms with van der Waals surface area (Å²) in [4.78, 5) is 33.7. The van der Waals surface area contributed by atoms with Crippen LogP contribution in [0.3, 0.4) is 0 Å². The van der Waals surface area contributed by atoms with Crippen LogP contribution in [0, 0.1) is 10.1 Å². The molecule has 0 saturated heterocycles. The highest BCUT2D eigenvalue weighted by Crippen LogP contribution is 2.21. The van der Waals surface area contributed by atoms with Crippen LogP contribution in [0.1, 0.15) is 12.5 Å². The first-order valence-electron chi connectivity index (χ1n) is 6.09. The van der Waals surface area contributed by atoms with Gasteiger partial charge in [0.2, 0.25) is 0 Å².